The quantitative estimate of drug-likeness (QED) is 0.773. The Morgan fingerprint density at radius 3 is 2.16 bits per heavy atom. The van der Waals surface area contributed by atoms with Gasteiger partial charge in [0.25, 0.3) is 0 Å². The van der Waals surface area contributed by atoms with E-state index in [4.69, 9.17) is 11.6 Å². The van der Waals surface area contributed by atoms with Crippen molar-refractivity contribution >= 4 is 42.8 Å². The summed E-state index contributed by atoms with van der Waals surface area (Å²) in [4.78, 5) is 4.34. The molecule has 0 fully saturated rings. The second-order valence-corrected chi connectivity index (χ2v) is 6.85. The minimum atomic E-state index is 0.352. The number of anilines is 1. The summed E-state index contributed by atoms with van der Waals surface area (Å²) >= 11 is 6.22. The average Bonchev–Trinajstić information content (AvgIpc) is 2.41. The Bertz CT molecular complexity index is 544. The van der Waals surface area contributed by atoms with Crippen molar-refractivity contribution in [2.24, 2.45) is 0 Å². The summed E-state index contributed by atoms with van der Waals surface area (Å²) in [6, 6.07) is 16.6. The van der Waals surface area contributed by atoms with Gasteiger partial charge in [0, 0.05) is 0 Å². The van der Waals surface area contributed by atoms with E-state index in [1.165, 1.54) is 15.7 Å². The van der Waals surface area contributed by atoms with Gasteiger partial charge in [0.15, 0.2) is 0 Å². The number of benzene rings is 2. The molecule has 0 aliphatic carbocycles. The molecule has 0 aliphatic heterocycles. The molecule has 2 rings (SSSR count). The Kier molecular flexibility index (Phi) is 5.09. The molecular formula is C16H16ClNSe. The SMILES string of the molecule is CN(C)c1ccc(/C=C/[Se]c2ccc(Cl)cc2)cc1. The molecule has 0 saturated heterocycles. The monoisotopic (exact) mass is 337 g/mol. The first-order valence-corrected chi connectivity index (χ1v) is 8.24. The first-order chi connectivity index (χ1) is 9.15. The summed E-state index contributed by atoms with van der Waals surface area (Å²) in [5.74, 6) is 0. The number of nitrogens with zero attached hydrogens (tertiary/aromatic N) is 1. The van der Waals surface area contributed by atoms with Gasteiger partial charge in [-0.05, 0) is 0 Å². The molecule has 2 aromatic rings. The normalized spacial score (nSPS) is 10.9. The Morgan fingerprint density at radius 2 is 1.58 bits per heavy atom. The van der Waals surface area contributed by atoms with E-state index in [1.807, 2.05) is 12.1 Å². The van der Waals surface area contributed by atoms with Gasteiger partial charge in [-0.2, -0.15) is 0 Å². The van der Waals surface area contributed by atoms with E-state index in [1.54, 1.807) is 0 Å². The topological polar surface area (TPSA) is 3.24 Å². The number of rotatable bonds is 4. The van der Waals surface area contributed by atoms with Crippen LogP contribution in [-0.4, -0.2) is 29.1 Å². The molecule has 0 aliphatic rings. The predicted octanol–water partition coefficient (Wildman–Crippen LogP) is 3.41. The fourth-order valence-corrected chi connectivity index (χ4v) is 3.13. The molecule has 0 aromatic heterocycles. The molecule has 0 amide bonds. The van der Waals surface area contributed by atoms with Crippen LogP contribution < -0.4 is 9.36 Å². The van der Waals surface area contributed by atoms with Crippen LogP contribution >= 0.6 is 11.6 Å². The molecular weight excluding hydrogens is 321 g/mol. The molecule has 19 heavy (non-hydrogen) atoms. The fourth-order valence-electron chi connectivity index (χ4n) is 1.59. The van der Waals surface area contributed by atoms with Crippen LogP contribution in [0, 0.1) is 0 Å². The zero-order valence-corrected chi connectivity index (χ0v) is 13.5. The third-order valence-electron chi connectivity index (χ3n) is 2.69. The van der Waals surface area contributed by atoms with Crippen LogP contribution in [0.25, 0.3) is 6.08 Å². The van der Waals surface area contributed by atoms with Crippen LogP contribution in [0.5, 0.6) is 0 Å². The van der Waals surface area contributed by atoms with Crippen molar-refractivity contribution in [3.05, 3.63) is 64.1 Å². The number of hydrogen-bond acceptors (Lipinski definition) is 1. The first-order valence-electron chi connectivity index (χ1n) is 6.01. The Hall–Kier alpha value is -1.21. The van der Waals surface area contributed by atoms with E-state index in [0.717, 1.165) is 5.02 Å². The maximum atomic E-state index is 5.87. The molecule has 0 unspecified atom stereocenters. The van der Waals surface area contributed by atoms with Crippen LogP contribution in [-0.2, 0) is 0 Å². The fraction of sp³-hybridized carbons (Fsp3) is 0.125. The van der Waals surface area contributed by atoms with Crippen molar-refractivity contribution in [1.29, 1.82) is 0 Å². The second kappa shape index (κ2) is 6.81. The van der Waals surface area contributed by atoms with Crippen LogP contribution in [0.15, 0.2) is 53.5 Å². The van der Waals surface area contributed by atoms with Crippen LogP contribution in [0.2, 0.25) is 5.02 Å². The van der Waals surface area contributed by atoms with Gasteiger partial charge in [0.2, 0.25) is 0 Å². The van der Waals surface area contributed by atoms with Crippen molar-refractivity contribution in [3.8, 4) is 0 Å². The molecule has 0 spiro atoms. The van der Waals surface area contributed by atoms with Crippen molar-refractivity contribution in [2.45, 2.75) is 0 Å². The zero-order valence-electron chi connectivity index (χ0n) is 11.0. The third-order valence-corrected chi connectivity index (χ3v) is 4.65. The Balaban J connectivity index is 1.97. The van der Waals surface area contributed by atoms with E-state index < -0.39 is 0 Å². The number of hydrogen-bond donors (Lipinski definition) is 0. The number of halogens is 1. The van der Waals surface area contributed by atoms with Gasteiger partial charge in [-0.15, -0.1) is 0 Å². The van der Waals surface area contributed by atoms with Crippen LogP contribution in [0.4, 0.5) is 5.69 Å². The third kappa shape index (κ3) is 4.43. The van der Waals surface area contributed by atoms with Crippen molar-refractivity contribution < 1.29 is 0 Å². The molecule has 0 saturated carbocycles. The Labute approximate surface area is 126 Å². The maximum absolute atomic E-state index is 5.87. The summed E-state index contributed by atoms with van der Waals surface area (Å²) < 4.78 is 1.33. The van der Waals surface area contributed by atoms with Crippen molar-refractivity contribution in [3.63, 3.8) is 0 Å². The van der Waals surface area contributed by atoms with E-state index >= 15 is 0 Å². The van der Waals surface area contributed by atoms with Crippen LogP contribution in [0.1, 0.15) is 5.56 Å². The molecule has 2 aromatic carbocycles. The van der Waals surface area contributed by atoms with E-state index in [2.05, 4.69) is 66.4 Å². The molecule has 0 heterocycles. The minimum absolute atomic E-state index is 0.352. The van der Waals surface area contributed by atoms with Gasteiger partial charge in [0.05, 0.1) is 0 Å². The standard InChI is InChI=1S/C16H16ClNSe/c1-18(2)15-7-3-13(4-8-15)11-12-19-16-9-5-14(17)6-10-16/h3-12H,1-2H3/b12-11+. The molecule has 0 radical (unpaired) electrons. The molecule has 0 N–H and O–H groups in total. The molecule has 0 bridgehead atoms. The van der Waals surface area contributed by atoms with Gasteiger partial charge in [-0.25, -0.2) is 0 Å². The average molecular weight is 337 g/mol. The first kappa shape index (κ1) is 14.2. The summed E-state index contributed by atoms with van der Waals surface area (Å²) in [5, 5.41) is 0.794. The predicted molar refractivity (Wildman–Crippen MR) is 86.6 cm³/mol. The molecule has 1 nitrogen and oxygen atoms in total. The summed E-state index contributed by atoms with van der Waals surface area (Å²) in [6.07, 6.45) is 2.17. The van der Waals surface area contributed by atoms with Crippen molar-refractivity contribution in [1.82, 2.24) is 0 Å². The van der Waals surface area contributed by atoms with Crippen molar-refractivity contribution in [2.75, 3.05) is 19.0 Å². The summed E-state index contributed by atoms with van der Waals surface area (Å²) in [6.45, 7) is 0. The van der Waals surface area contributed by atoms with Gasteiger partial charge >= 0.3 is 126 Å². The van der Waals surface area contributed by atoms with Gasteiger partial charge in [0.1, 0.15) is 0 Å². The van der Waals surface area contributed by atoms with Crippen LogP contribution in [0.3, 0.4) is 0 Å². The summed E-state index contributed by atoms with van der Waals surface area (Å²) in [7, 11) is 4.10. The summed E-state index contributed by atoms with van der Waals surface area (Å²) in [5.41, 5.74) is 2.46. The second-order valence-electron chi connectivity index (χ2n) is 4.36. The molecule has 98 valence electrons. The van der Waals surface area contributed by atoms with Gasteiger partial charge in [-0.1, -0.05) is 0 Å². The van der Waals surface area contributed by atoms with Gasteiger partial charge < -0.3 is 0 Å². The zero-order chi connectivity index (χ0) is 13.7. The van der Waals surface area contributed by atoms with E-state index in [-0.39, 0.29) is 0 Å². The molecule has 3 heteroatoms. The van der Waals surface area contributed by atoms with E-state index in [0.29, 0.717) is 15.0 Å². The van der Waals surface area contributed by atoms with Gasteiger partial charge in [-0.3, -0.25) is 0 Å². The molecule has 0 atom stereocenters. The Morgan fingerprint density at radius 1 is 0.947 bits per heavy atom. The van der Waals surface area contributed by atoms with E-state index in [9.17, 15) is 0 Å².